The number of rotatable bonds is 7. The zero-order valence-electron chi connectivity index (χ0n) is 17.1. The first-order valence-corrected chi connectivity index (χ1v) is 11.2. The number of amides is 2. The van der Waals surface area contributed by atoms with Crippen molar-refractivity contribution in [2.45, 2.75) is 13.0 Å². The highest BCUT2D eigenvalue weighted by Crippen LogP contribution is 2.27. The third-order valence-electron chi connectivity index (χ3n) is 5.15. The summed E-state index contributed by atoms with van der Waals surface area (Å²) in [6.07, 6.45) is 0.171. The van der Waals surface area contributed by atoms with Gasteiger partial charge >= 0.3 is 0 Å². The number of anilines is 2. The minimum atomic E-state index is -0.432. The molecule has 6 nitrogen and oxygen atoms in total. The quantitative estimate of drug-likeness (QED) is 0.426. The van der Waals surface area contributed by atoms with E-state index in [1.165, 1.54) is 0 Å². The molecule has 3 aromatic rings. The van der Waals surface area contributed by atoms with E-state index in [1.807, 2.05) is 66.7 Å². The van der Waals surface area contributed by atoms with E-state index >= 15 is 0 Å². The topological polar surface area (TPSA) is 70.7 Å². The summed E-state index contributed by atoms with van der Waals surface area (Å²) in [6, 6.07) is 22.2. The molecule has 0 saturated carbocycles. The lowest BCUT2D eigenvalue weighted by atomic mass is 10.1. The Balaban J connectivity index is 1.31. The maximum Gasteiger partial charge on any atom is 0.243 e. The average molecular weight is 515 g/mol. The van der Waals surface area contributed by atoms with Crippen LogP contribution in [-0.2, 0) is 16.2 Å². The Labute approximate surface area is 199 Å². The summed E-state index contributed by atoms with van der Waals surface area (Å²) in [5.74, 6) is -0.0947. The Bertz CT molecular complexity index is 1120. The predicted molar refractivity (Wildman–Crippen MR) is 129 cm³/mol. The number of hydrazine groups is 1. The van der Waals surface area contributed by atoms with Crippen LogP contribution in [0.25, 0.3) is 0 Å². The largest absolute Gasteiger partial charge is 0.489 e. The van der Waals surface area contributed by atoms with E-state index in [2.05, 4.69) is 26.8 Å². The number of carbonyl (C=O) groups excluding carboxylic acids is 2. The molecule has 0 spiro atoms. The number of halogens is 2. The molecule has 1 saturated heterocycles. The SMILES string of the molecule is O=C(NNc1cccc(OCc2ccccc2Cl)c1)[C@H]1CC(=O)N(c2ccc(Br)cc2)C1. The van der Waals surface area contributed by atoms with Crippen LogP contribution in [0.1, 0.15) is 12.0 Å². The molecule has 0 radical (unpaired) electrons. The Kier molecular flexibility index (Phi) is 6.97. The molecule has 3 aromatic carbocycles. The zero-order chi connectivity index (χ0) is 22.5. The fraction of sp³-hybridized carbons (Fsp3) is 0.167. The Hall–Kier alpha value is -3.03. The van der Waals surface area contributed by atoms with Gasteiger partial charge in [0.1, 0.15) is 12.4 Å². The highest BCUT2D eigenvalue weighted by atomic mass is 79.9. The summed E-state index contributed by atoms with van der Waals surface area (Å²) in [7, 11) is 0. The van der Waals surface area contributed by atoms with Crippen LogP contribution in [0.15, 0.2) is 77.3 Å². The Morgan fingerprint density at radius 2 is 1.88 bits per heavy atom. The second-order valence-corrected chi connectivity index (χ2v) is 8.73. The summed E-state index contributed by atoms with van der Waals surface area (Å²) in [5.41, 5.74) is 7.95. The summed E-state index contributed by atoms with van der Waals surface area (Å²) in [4.78, 5) is 26.7. The van der Waals surface area contributed by atoms with E-state index in [9.17, 15) is 9.59 Å². The van der Waals surface area contributed by atoms with Crippen molar-refractivity contribution in [3.05, 3.63) is 87.9 Å². The minimum absolute atomic E-state index is 0.0672. The molecule has 4 rings (SSSR count). The highest BCUT2D eigenvalue weighted by Gasteiger charge is 2.35. The molecule has 164 valence electrons. The minimum Gasteiger partial charge on any atom is -0.489 e. The van der Waals surface area contributed by atoms with Gasteiger partial charge in [-0.05, 0) is 42.5 Å². The standard InChI is InChI=1S/C24H21BrClN3O3/c25-18-8-10-20(11-9-18)29-14-17(12-23(29)30)24(31)28-27-19-5-3-6-21(13-19)32-15-16-4-1-2-7-22(16)26/h1-11,13,17,27H,12,14-15H2,(H,28,31)/t17-/m0/s1. The number of hydrogen-bond donors (Lipinski definition) is 2. The van der Waals surface area contributed by atoms with Crippen molar-refractivity contribution in [2.24, 2.45) is 5.92 Å². The van der Waals surface area contributed by atoms with Gasteiger partial charge in [-0.2, -0.15) is 0 Å². The molecule has 8 heteroatoms. The third kappa shape index (κ3) is 5.41. The smallest absolute Gasteiger partial charge is 0.243 e. The zero-order valence-corrected chi connectivity index (χ0v) is 19.4. The maximum absolute atomic E-state index is 12.6. The number of carbonyl (C=O) groups is 2. The Morgan fingerprint density at radius 1 is 1.09 bits per heavy atom. The van der Waals surface area contributed by atoms with Gasteiger partial charge in [0.05, 0.1) is 11.6 Å². The lowest BCUT2D eigenvalue weighted by Crippen LogP contribution is -2.36. The summed E-state index contributed by atoms with van der Waals surface area (Å²) in [6.45, 7) is 0.681. The normalized spacial score (nSPS) is 15.5. The van der Waals surface area contributed by atoms with E-state index in [4.69, 9.17) is 16.3 Å². The van der Waals surface area contributed by atoms with Crippen LogP contribution in [0, 0.1) is 5.92 Å². The fourth-order valence-electron chi connectivity index (χ4n) is 3.43. The Morgan fingerprint density at radius 3 is 2.66 bits per heavy atom. The van der Waals surface area contributed by atoms with E-state index in [-0.39, 0.29) is 18.2 Å². The summed E-state index contributed by atoms with van der Waals surface area (Å²) in [5, 5.41) is 0.650. The van der Waals surface area contributed by atoms with Crippen LogP contribution in [0.4, 0.5) is 11.4 Å². The molecule has 0 bridgehead atoms. The fourth-order valence-corrected chi connectivity index (χ4v) is 3.88. The molecule has 2 amide bonds. The van der Waals surface area contributed by atoms with Gasteiger partial charge in [-0.1, -0.05) is 51.8 Å². The van der Waals surface area contributed by atoms with Crippen molar-refractivity contribution in [3.63, 3.8) is 0 Å². The van der Waals surface area contributed by atoms with E-state index in [0.29, 0.717) is 29.6 Å². The van der Waals surface area contributed by atoms with Crippen LogP contribution in [0.2, 0.25) is 5.02 Å². The molecular weight excluding hydrogens is 494 g/mol. The number of nitrogens with zero attached hydrogens (tertiary/aromatic N) is 1. The molecule has 1 heterocycles. The van der Waals surface area contributed by atoms with Crippen molar-refractivity contribution in [1.29, 1.82) is 0 Å². The second-order valence-electron chi connectivity index (χ2n) is 7.40. The van der Waals surface area contributed by atoms with Gasteiger partial charge in [-0.25, -0.2) is 0 Å². The summed E-state index contributed by atoms with van der Waals surface area (Å²) < 4.78 is 6.75. The number of hydrogen-bond acceptors (Lipinski definition) is 4. The maximum atomic E-state index is 12.6. The van der Waals surface area contributed by atoms with E-state index < -0.39 is 5.92 Å². The summed E-state index contributed by atoms with van der Waals surface area (Å²) >= 11 is 9.55. The molecule has 1 fully saturated rings. The second kappa shape index (κ2) is 10.1. The van der Waals surface area contributed by atoms with E-state index in [0.717, 1.165) is 15.7 Å². The molecule has 1 aliphatic heterocycles. The van der Waals surface area contributed by atoms with Gasteiger partial charge in [-0.15, -0.1) is 0 Å². The molecule has 1 aliphatic rings. The number of benzene rings is 3. The first-order valence-electron chi connectivity index (χ1n) is 10.1. The van der Waals surface area contributed by atoms with Crippen LogP contribution in [0.3, 0.4) is 0 Å². The van der Waals surface area contributed by atoms with Gasteiger partial charge in [0, 0.05) is 39.8 Å². The van der Waals surface area contributed by atoms with Gasteiger partial charge < -0.3 is 9.64 Å². The third-order valence-corrected chi connectivity index (χ3v) is 6.05. The van der Waals surface area contributed by atoms with Crippen LogP contribution in [-0.4, -0.2) is 18.4 Å². The van der Waals surface area contributed by atoms with Gasteiger partial charge in [0.2, 0.25) is 11.8 Å². The van der Waals surface area contributed by atoms with Crippen LogP contribution >= 0.6 is 27.5 Å². The van der Waals surface area contributed by atoms with Gasteiger partial charge in [0.25, 0.3) is 0 Å². The van der Waals surface area contributed by atoms with Crippen molar-refractivity contribution < 1.29 is 14.3 Å². The molecular formula is C24H21BrClN3O3. The van der Waals surface area contributed by atoms with E-state index in [1.54, 1.807) is 11.0 Å². The lowest BCUT2D eigenvalue weighted by Gasteiger charge is -2.17. The molecule has 2 N–H and O–H groups in total. The monoisotopic (exact) mass is 513 g/mol. The lowest BCUT2D eigenvalue weighted by molar-refractivity contribution is -0.125. The average Bonchev–Trinajstić information content (AvgIpc) is 3.19. The van der Waals surface area contributed by atoms with Gasteiger partial charge in [0.15, 0.2) is 0 Å². The van der Waals surface area contributed by atoms with Crippen molar-refractivity contribution >= 4 is 50.7 Å². The molecule has 0 aromatic heterocycles. The molecule has 0 unspecified atom stereocenters. The van der Waals surface area contributed by atoms with Crippen molar-refractivity contribution in [1.82, 2.24) is 5.43 Å². The van der Waals surface area contributed by atoms with Crippen LogP contribution in [0.5, 0.6) is 5.75 Å². The number of ether oxygens (including phenoxy) is 1. The van der Waals surface area contributed by atoms with Gasteiger partial charge in [-0.3, -0.25) is 20.4 Å². The van der Waals surface area contributed by atoms with Crippen molar-refractivity contribution in [2.75, 3.05) is 16.9 Å². The number of nitrogens with one attached hydrogen (secondary N) is 2. The first-order chi connectivity index (χ1) is 15.5. The highest BCUT2D eigenvalue weighted by molar-refractivity contribution is 9.10. The molecule has 32 heavy (non-hydrogen) atoms. The van der Waals surface area contributed by atoms with Crippen LogP contribution < -0.4 is 20.5 Å². The molecule has 0 aliphatic carbocycles. The predicted octanol–water partition coefficient (Wildman–Crippen LogP) is 5.18. The molecule has 1 atom stereocenters. The first kappa shape index (κ1) is 22.2. The van der Waals surface area contributed by atoms with Crippen molar-refractivity contribution in [3.8, 4) is 5.75 Å².